The highest BCUT2D eigenvalue weighted by atomic mass is 32.1. The van der Waals surface area contributed by atoms with E-state index in [4.69, 9.17) is 4.74 Å². The highest BCUT2D eigenvalue weighted by molar-refractivity contribution is 7.11. The molecule has 144 valence electrons. The zero-order chi connectivity index (χ0) is 19.2. The van der Waals surface area contributed by atoms with Gasteiger partial charge in [-0.2, -0.15) is 0 Å². The van der Waals surface area contributed by atoms with E-state index in [-0.39, 0.29) is 5.92 Å². The average molecular weight is 386 g/mol. The van der Waals surface area contributed by atoms with E-state index >= 15 is 0 Å². The molecule has 1 aromatic carbocycles. The fourth-order valence-corrected chi connectivity index (χ4v) is 4.49. The van der Waals surface area contributed by atoms with Gasteiger partial charge in [0.2, 0.25) is 0 Å². The number of ether oxygens (including phenoxy) is 1. The highest BCUT2D eigenvalue weighted by Gasteiger charge is 2.24. The van der Waals surface area contributed by atoms with Crippen molar-refractivity contribution in [3.63, 3.8) is 0 Å². The van der Waals surface area contributed by atoms with Gasteiger partial charge >= 0.3 is 5.97 Å². The van der Waals surface area contributed by atoms with Gasteiger partial charge < -0.3 is 9.84 Å². The van der Waals surface area contributed by atoms with Crippen LogP contribution in [-0.2, 0) is 9.53 Å². The van der Waals surface area contributed by atoms with Crippen molar-refractivity contribution in [3.8, 4) is 0 Å². The van der Waals surface area contributed by atoms with Crippen LogP contribution in [0.5, 0.6) is 0 Å². The summed E-state index contributed by atoms with van der Waals surface area (Å²) in [5.74, 6) is -0.930. The van der Waals surface area contributed by atoms with Crippen molar-refractivity contribution in [1.82, 2.24) is 4.90 Å². The van der Waals surface area contributed by atoms with Crippen LogP contribution >= 0.6 is 11.3 Å². The predicted molar refractivity (Wildman–Crippen MR) is 110 cm³/mol. The zero-order valence-corrected chi connectivity index (χ0v) is 16.8. The molecule has 0 bridgehead atoms. The van der Waals surface area contributed by atoms with Gasteiger partial charge in [0, 0.05) is 23.5 Å². The third-order valence-electron chi connectivity index (χ3n) is 5.12. The Kier molecular flexibility index (Phi) is 6.69. The Hall–Kier alpha value is -2.11. The molecule has 1 aliphatic rings. The van der Waals surface area contributed by atoms with Crippen molar-refractivity contribution in [2.45, 2.75) is 26.7 Å². The van der Waals surface area contributed by atoms with Crippen molar-refractivity contribution in [3.05, 3.63) is 63.5 Å². The number of hydrogen-bond acceptors (Lipinski definition) is 4. The largest absolute Gasteiger partial charge is 0.499 e. The molecule has 27 heavy (non-hydrogen) atoms. The standard InChI is InChI=1S/C22H27NO3S/c1-16-6-3-4-8-19(16)20(21-17(2)9-13-27-21)15-26-12-11-23-10-5-7-18(14-23)22(24)25/h3-4,6,8-9,13,15,18H,5,7,10-12,14H2,1-2H3,(H,24,25)/b20-15+. The van der Waals surface area contributed by atoms with Crippen LogP contribution in [0.15, 0.2) is 42.0 Å². The maximum absolute atomic E-state index is 11.2. The number of nitrogens with zero attached hydrogens (tertiary/aromatic N) is 1. The van der Waals surface area contributed by atoms with E-state index in [1.54, 1.807) is 11.3 Å². The van der Waals surface area contributed by atoms with Crippen LogP contribution < -0.4 is 0 Å². The van der Waals surface area contributed by atoms with Crippen LogP contribution in [-0.4, -0.2) is 42.2 Å². The highest BCUT2D eigenvalue weighted by Crippen LogP contribution is 2.32. The lowest BCUT2D eigenvalue weighted by Gasteiger charge is -2.30. The molecule has 0 aliphatic carbocycles. The minimum atomic E-state index is -0.685. The molecule has 5 heteroatoms. The number of thiophene rings is 1. The fourth-order valence-electron chi connectivity index (χ4n) is 3.55. The van der Waals surface area contributed by atoms with Crippen LogP contribution in [0.4, 0.5) is 0 Å². The van der Waals surface area contributed by atoms with Crippen LogP contribution in [0.25, 0.3) is 5.57 Å². The van der Waals surface area contributed by atoms with E-state index < -0.39 is 5.97 Å². The van der Waals surface area contributed by atoms with E-state index in [0.717, 1.165) is 31.5 Å². The second-order valence-corrected chi connectivity index (χ2v) is 8.04. The minimum Gasteiger partial charge on any atom is -0.499 e. The molecule has 1 N–H and O–H groups in total. The molecule has 1 fully saturated rings. The lowest BCUT2D eigenvalue weighted by atomic mass is 9.98. The summed E-state index contributed by atoms with van der Waals surface area (Å²) in [6, 6.07) is 10.5. The van der Waals surface area contributed by atoms with Gasteiger partial charge in [0.15, 0.2) is 0 Å². The molecule has 2 heterocycles. The molecule has 1 saturated heterocycles. The topological polar surface area (TPSA) is 49.8 Å². The number of likely N-dealkylation sites (tertiary alicyclic amines) is 1. The lowest BCUT2D eigenvalue weighted by molar-refractivity contribution is -0.143. The van der Waals surface area contributed by atoms with E-state index in [9.17, 15) is 9.90 Å². The second kappa shape index (κ2) is 9.20. The molecule has 0 saturated carbocycles. The summed E-state index contributed by atoms with van der Waals surface area (Å²) in [5, 5.41) is 11.3. The van der Waals surface area contributed by atoms with Crippen LogP contribution in [0, 0.1) is 19.8 Å². The molecular formula is C22H27NO3S. The Morgan fingerprint density at radius 3 is 2.81 bits per heavy atom. The molecule has 0 radical (unpaired) electrons. The zero-order valence-electron chi connectivity index (χ0n) is 16.0. The second-order valence-electron chi connectivity index (χ2n) is 7.13. The van der Waals surface area contributed by atoms with E-state index in [1.807, 2.05) is 12.3 Å². The maximum Gasteiger partial charge on any atom is 0.307 e. The van der Waals surface area contributed by atoms with Gasteiger partial charge in [0.25, 0.3) is 0 Å². The number of aliphatic carboxylic acids is 1. The first-order valence-electron chi connectivity index (χ1n) is 9.43. The summed E-state index contributed by atoms with van der Waals surface area (Å²) < 4.78 is 5.94. The molecular weight excluding hydrogens is 358 g/mol. The summed E-state index contributed by atoms with van der Waals surface area (Å²) in [7, 11) is 0. The van der Waals surface area contributed by atoms with Gasteiger partial charge in [0.1, 0.15) is 6.61 Å². The number of carboxylic acids is 1. The summed E-state index contributed by atoms with van der Waals surface area (Å²) in [6.07, 6.45) is 3.59. The van der Waals surface area contributed by atoms with Gasteiger partial charge in [-0.05, 0) is 61.4 Å². The van der Waals surface area contributed by atoms with E-state index in [0.29, 0.717) is 13.2 Å². The Bertz CT molecular complexity index is 811. The summed E-state index contributed by atoms with van der Waals surface area (Å²) >= 11 is 1.73. The molecule has 2 aromatic rings. The van der Waals surface area contributed by atoms with Crippen molar-refractivity contribution in [2.24, 2.45) is 5.92 Å². The van der Waals surface area contributed by atoms with Gasteiger partial charge in [-0.25, -0.2) is 0 Å². The predicted octanol–water partition coefficient (Wildman–Crippen LogP) is 4.57. The fraction of sp³-hybridized carbons (Fsp3) is 0.409. The lowest BCUT2D eigenvalue weighted by Crippen LogP contribution is -2.40. The molecule has 1 aliphatic heterocycles. The smallest absolute Gasteiger partial charge is 0.307 e. The Morgan fingerprint density at radius 2 is 2.11 bits per heavy atom. The minimum absolute atomic E-state index is 0.245. The monoisotopic (exact) mass is 385 g/mol. The summed E-state index contributed by atoms with van der Waals surface area (Å²) in [6.45, 7) is 7.13. The Labute approximate surface area is 165 Å². The Morgan fingerprint density at radius 1 is 1.30 bits per heavy atom. The molecule has 1 unspecified atom stereocenters. The Balaban J connectivity index is 1.67. The number of rotatable bonds is 7. The van der Waals surface area contributed by atoms with Gasteiger partial charge in [-0.3, -0.25) is 9.69 Å². The van der Waals surface area contributed by atoms with Crippen LogP contribution in [0.1, 0.15) is 34.4 Å². The molecule has 0 spiro atoms. The van der Waals surface area contributed by atoms with Crippen molar-refractivity contribution in [2.75, 3.05) is 26.2 Å². The number of benzene rings is 1. The SMILES string of the molecule is Cc1ccccc1/C(=C\OCCN1CCCC(C(=O)O)C1)c1sccc1C. The molecule has 1 atom stereocenters. The average Bonchev–Trinajstić information content (AvgIpc) is 3.09. The van der Waals surface area contributed by atoms with E-state index in [1.165, 1.54) is 21.6 Å². The maximum atomic E-state index is 11.2. The van der Waals surface area contributed by atoms with Crippen LogP contribution in [0.3, 0.4) is 0 Å². The third-order valence-corrected chi connectivity index (χ3v) is 6.17. The first-order chi connectivity index (χ1) is 13.1. The van der Waals surface area contributed by atoms with Crippen molar-refractivity contribution in [1.29, 1.82) is 0 Å². The van der Waals surface area contributed by atoms with Crippen LogP contribution in [0.2, 0.25) is 0 Å². The van der Waals surface area contributed by atoms with E-state index in [2.05, 4.69) is 48.4 Å². The summed E-state index contributed by atoms with van der Waals surface area (Å²) in [4.78, 5) is 14.6. The number of aryl methyl sites for hydroxylation is 2. The number of carbonyl (C=O) groups is 1. The molecule has 1 aromatic heterocycles. The molecule has 0 amide bonds. The molecule has 3 rings (SSSR count). The molecule has 4 nitrogen and oxygen atoms in total. The number of carboxylic acid groups (broad SMARTS) is 1. The number of hydrogen-bond donors (Lipinski definition) is 1. The first kappa shape index (κ1) is 19.6. The summed E-state index contributed by atoms with van der Waals surface area (Å²) in [5.41, 5.74) is 4.77. The van der Waals surface area contributed by atoms with Crippen molar-refractivity contribution >= 4 is 22.9 Å². The number of piperidine rings is 1. The van der Waals surface area contributed by atoms with Gasteiger partial charge in [-0.1, -0.05) is 24.3 Å². The first-order valence-corrected chi connectivity index (χ1v) is 10.3. The normalized spacial score (nSPS) is 18.4. The van der Waals surface area contributed by atoms with Crippen molar-refractivity contribution < 1.29 is 14.6 Å². The van der Waals surface area contributed by atoms with Gasteiger partial charge in [0.05, 0.1) is 12.2 Å². The van der Waals surface area contributed by atoms with Gasteiger partial charge in [-0.15, -0.1) is 11.3 Å². The third kappa shape index (κ3) is 4.99. The quantitative estimate of drug-likeness (QED) is 0.560.